The lowest BCUT2D eigenvalue weighted by Gasteiger charge is -2.21. The SMILES string of the molecule is O=C1C[C@@H](c2ccccc2F)N=C(NC(=O)c2ccccc2)N1. The molecule has 1 aliphatic rings. The van der Waals surface area contributed by atoms with Gasteiger partial charge in [-0.05, 0) is 18.2 Å². The Morgan fingerprint density at radius 1 is 1.13 bits per heavy atom. The van der Waals surface area contributed by atoms with Gasteiger partial charge < -0.3 is 0 Å². The van der Waals surface area contributed by atoms with Crippen molar-refractivity contribution < 1.29 is 14.0 Å². The van der Waals surface area contributed by atoms with Crippen LogP contribution in [0.4, 0.5) is 4.39 Å². The molecule has 0 spiro atoms. The van der Waals surface area contributed by atoms with Crippen molar-refractivity contribution in [1.82, 2.24) is 10.6 Å². The van der Waals surface area contributed by atoms with E-state index < -0.39 is 11.9 Å². The van der Waals surface area contributed by atoms with Crippen LogP contribution in [0.2, 0.25) is 0 Å². The zero-order chi connectivity index (χ0) is 16.2. The number of hydrogen-bond acceptors (Lipinski definition) is 3. The number of rotatable bonds is 2. The van der Waals surface area contributed by atoms with E-state index in [9.17, 15) is 14.0 Å². The second-order valence-electron chi connectivity index (χ2n) is 5.09. The van der Waals surface area contributed by atoms with E-state index in [0.717, 1.165) is 0 Å². The van der Waals surface area contributed by atoms with Crippen molar-refractivity contribution in [3.8, 4) is 0 Å². The molecule has 0 fully saturated rings. The summed E-state index contributed by atoms with van der Waals surface area (Å²) in [5, 5.41) is 5.03. The Morgan fingerprint density at radius 2 is 1.83 bits per heavy atom. The van der Waals surface area contributed by atoms with Crippen molar-refractivity contribution in [2.24, 2.45) is 4.99 Å². The molecule has 0 saturated carbocycles. The summed E-state index contributed by atoms with van der Waals surface area (Å²) in [6.07, 6.45) is 0.0334. The monoisotopic (exact) mass is 311 g/mol. The van der Waals surface area contributed by atoms with Gasteiger partial charge in [-0.3, -0.25) is 20.2 Å². The number of hydrogen-bond donors (Lipinski definition) is 2. The van der Waals surface area contributed by atoms with Gasteiger partial charge in [0, 0.05) is 11.1 Å². The third-order valence-electron chi connectivity index (χ3n) is 3.45. The molecule has 6 heteroatoms. The number of aliphatic imine (C=N–C) groups is 1. The van der Waals surface area contributed by atoms with Crippen LogP contribution >= 0.6 is 0 Å². The largest absolute Gasteiger partial charge is 0.296 e. The van der Waals surface area contributed by atoms with Crippen LogP contribution in [0.15, 0.2) is 59.6 Å². The molecular weight excluding hydrogens is 297 g/mol. The molecule has 2 aromatic rings. The summed E-state index contributed by atoms with van der Waals surface area (Å²) in [5.74, 6) is -1.11. The van der Waals surface area contributed by atoms with Crippen LogP contribution in [0.25, 0.3) is 0 Å². The minimum absolute atomic E-state index is 0.0309. The molecule has 0 unspecified atom stereocenters. The van der Waals surface area contributed by atoms with Crippen molar-refractivity contribution in [3.05, 3.63) is 71.5 Å². The summed E-state index contributed by atoms with van der Waals surface area (Å²) in [4.78, 5) is 28.2. The first-order chi connectivity index (χ1) is 11.1. The van der Waals surface area contributed by atoms with E-state index in [-0.39, 0.29) is 24.2 Å². The van der Waals surface area contributed by atoms with Crippen molar-refractivity contribution in [1.29, 1.82) is 0 Å². The molecule has 2 aromatic carbocycles. The third-order valence-corrected chi connectivity index (χ3v) is 3.45. The lowest BCUT2D eigenvalue weighted by molar-refractivity contribution is -0.120. The van der Waals surface area contributed by atoms with Gasteiger partial charge in [0.2, 0.25) is 11.9 Å². The van der Waals surface area contributed by atoms with E-state index in [1.54, 1.807) is 48.5 Å². The van der Waals surface area contributed by atoms with E-state index in [0.29, 0.717) is 11.1 Å². The van der Waals surface area contributed by atoms with Crippen LogP contribution in [0.3, 0.4) is 0 Å². The molecule has 1 heterocycles. The highest BCUT2D eigenvalue weighted by Crippen LogP contribution is 2.25. The Kier molecular flexibility index (Phi) is 4.14. The number of amides is 2. The maximum atomic E-state index is 13.9. The van der Waals surface area contributed by atoms with Gasteiger partial charge in [-0.15, -0.1) is 0 Å². The van der Waals surface area contributed by atoms with E-state index in [1.165, 1.54) is 6.07 Å². The summed E-state index contributed by atoms with van der Waals surface area (Å²) in [6.45, 7) is 0. The first-order valence-corrected chi connectivity index (χ1v) is 7.12. The Hall–Kier alpha value is -3.02. The van der Waals surface area contributed by atoms with Gasteiger partial charge in [-0.25, -0.2) is 9.38 Å². The molecule has 3 rings (SSSR count). The predicted molar refractivity (Wildman–Crippen MR) is 83.2 cm³/mol. The van der Waals surface area contributed by atoms with Crippen molar-refractivity contribution >= 4 is 17.8 Å². The minimum atomic E-state index is -0.656. The van der Waals surface area contributed by atoms with E-state index in [2.05, 4.69) is 15.6 Å². The van der Waals surface area contributed by atoms with Gasteiger partial charge in [0.1, 0.15) is 5.82 Å². The smallest absolute Gasteiger partial charge is 0.257 e. The molecular formula is C17H14FN3O2. The summed E-state index contributed by atoms with van der Waals surface area (Å²) in [5.41, 5.74) is 0.770. The molecule has 23 heavy (non-hydrogen) atoms. The Morgan fingerprint density at radius 3 is 2.57 bits per heavy atom. The van der Waals surface area contributed by atoms with Gasteiger partial charge in [0.05, 0.1) is 12.5 Å². The normalized spacial score (nSPS) is 17.2. The van der Waals surface area contributed by atoms with Gasteiger partial charge >= 0.3 is 0 Å². The van der Waals surface area contributed by atoms with Crippen LogP contribution in [0, 0.1) is 5.82 Å². The standard InChI is InChI=1S/C17H14FN3O2/c18-13-9-5-4-8-12(13)14-10-15(22)20-17(19-14)21-16(23)11-6-2-1-3-7-11/h1-9,14H,10H2,(H2,19,20,21,22,23)/t14-/m0/s1. The number of benzene rings is 2. The van der Waals surface area contributed by atoms with E-state index in [1.807, 2.05) is 0 Å². The molecule has 0 saturated heterocycles. The molecule has 0 radical (unpaired) electrons. The molecule has 5 nitrogen and oxygen atoms in total. The Bertz CT molecular complexity index is 774. The van der Waals surface area contributed by atoms with Crippen molar-refractivity contribution in [2.45, 2.75) is 12.5 Å². The average Bonchev–Trinajstić information content (AvgIpc) is 2.55. The second-order valence-corrected chi connectivity index (χ2v) is 5.09. The Balaban J connectivity index is 1.83. The number of guanidine groups is 1. The van der Waals surface area contributed by atoms with E-state index >= 15 is 0 Å². The highest BCUT2D eigenvalue weighted by molar-refractivity contribution is 6.10. The number of nitrogens with one attached hydrogen (secondary N) is 2. The van der Waals surface area contributed by atoms with Crippen LogP contribution < -0.4 is 10.6 Å². The topological polar surface area (TPSA) is 70.6 Å². The number of carbonyl (C=O) groups is 2. The maximum absolute atomic E-state index is 13.9. The third kappa shape index (κ3) is 3.42. The van der Waals surface area contributed by atoms with Gasteiger partial charge in [-0.2, -0.15) is 0 Å². The van der Waals surface area contributed by atoms with Gasteiger partial charge in [-0.1, -0.05) is 36.4 Å². The van der Waals surface area contributed by atoms with Crippen LogP contribution in [-0.2, 0) is 4.79 Å². The fourth-order valence-corrected chi connectivity index (χ4v) is 2.35. The zero-order valence-electron chi connectivity index (χ0n) is 12.1. The van der Waals surface area contributed by atoms with Gasteiger partial charge in [0.25, 0.3) is 5.91 Å². The zero-order valence-corrected chi connectivity index (χ0v) is 12.1. The number of carbonyl (C=O) groups excluding carboxylic acids is 2. The minimum Gasteiger partial charge on any atom is -0.296 e. The molecule has 1 atom stereocenters. The maximum Gasteiger partial charge on any atom is 0.257 e. The Labute approximate surface area is 132 Å². The fraction of sp³-hybridized carbons (Fsp3) is 0.118. The summed E-state index contributed by atoms with van der Waals surface area (Å²) in [6, 6.07) is 14.1. The average molecular weight is 311 g/mol. The first-order valence-electron chi connectivity index (χ1n) is 7.12. The van der Waals surface area contributed by atoms with E-state index in [4.69, 9.17) is 0 Å². The highest BCUT2D eigenvalue weighted by atomic mass is 19.1. The van der Waals surface area contributed by atoms with Crippen LogP contribution in [0.5, 0.6) is 0 Å². The summed E-state index contributed by atoms with van der Waals surface area (Å²) in [7, 11) is 0. The van der Waals surface area contributed by atoms with Crippen molar-refractivity contribution in [2.75, 3.05) is 0 Å². The van der Waals surface area contributed by atoms with Crippen LogP contribution in [0.1, 0.15) is 28.4 Å². The predicted octanol–water partition coefficient (Wildman–Crippen LogP) is 2.17. The first kappa shape index (κ1) is 14.9. The molecule has 0 aromatic heterocycles. The molecule has 2 amide bonds. The number of halogens is 1. The fourth-order valence-electron chi connectivity index (χ4n) is 2.35. The lowest BCUT2D eigenvalue weighted by Crippen LogP contribution is -2.47. The van der Waals surface area contributed by atoms with Crippen molar-refractivity contribution in [3.63, 3.8) is 0 Å². The van der Waals surface area contributed by atoms with Gasteiger partial charge in [0.15, 0.2) is 0 Å². The highest BCUT2D eigenvalue weighted by Gasteiger charge is 2.25. The van der Waals surface area contributed by atoms with Crippen LogP contribution in [-0.4, -0.2) is 17.8 Å². The number of nitrogens with zero attached hydrogens (tertiary/aromatic N) is 1. The second kappa shape index (κ2) is 6.39. The molecule has 2 N–H and O–H groups in total. The molecule has 1 aliphatic heterocycles. The summed E-state index contributed by atoms with van der Waals surface area (Å²) >= 11 is 0. The molecule has 0 aliphatic carbocycles. The molecule has 116 valence electrons. The summed E-state index contributed by atoms with van der Waals surface area (Å²) < 4.78 is 13.9. The quantitative estimate of drug-likeness (QED) is 0.892. The lowest BCUT2D eigenvalue weighted by atomic mass is 10.0. The molecule has 0 bridgehead atoms.